The van der Waals surface area contributed by atoms with Crippen molar-refractivity contribution in [1.82, 2.24) is 9.97 Å². The molecule has 58 heavy (non-hydrogen) atoms. The van der Waals surface area contributed by atoms with Crippen molar-refractivity contribution in [3.8, 4) is 50.8 Å². The van der Waals surface area contributed by atoms with Crippen molar-refractivity contribution in [2.75, 3.05) is 4.90 Å². The zero-order valence-electron chi connectivity index (χ0n) is 33.7. The van der Waals surface area contributed by atoms with Crippen LogP contribution in [0.15, 0.2) is 133 Å². The maximum absolute atomic E-state index is 10.9. The first-order chi connectivity index (χ1) is 27.6. The van der Waals surface area contributed by atoms with Crippen molar-refractivity contribution in [2.24, 2.45) is 10.4 Å². The van der Waals surface area contributed by atoms with Gasteiger partial charge in [-0.1, -0.05) is 131 Å². The summed E-state index contributed by atoms with van der Waals surface area (Å²) in [6.45, 7) is 13.0. The molecule has 0 amide bonds. The summed E-state index contributed by atoms with van der Waals surface area (Å²) < 4.78 is 6.61. The van der Waals surface area contributed by atoms with E-state index in [4.69, 9.17) is 14.7 Å². The Balaban J connectivity index is 0.00000469. The van der Waals surface area contributed by atoms with Crippen molar-refractivity contribution in [2.45, 2.75) is 72.4 Å². The van der Waals surface area contributed by atoms with Crippen LogP contribution in [0.5, 0.6) is 17.4 Å². The van der Waals surface area contributed by atoms with E-state index in [2.05, 4.69) is 159 Å². The van der Waals surface area contributed by atoms with Gasteiger partial charge in [0.25, 0.3) is 0 Å². The van der Waals surface area contributed by atoms with E-state index in [9.17, 15) is 5.11 Å². The first kappa shape index (κ1) is 39.3. The Labute approximate surface area is 356 Å². The fourth-order valence-electron chi connectivity index (χ4n) is 8.79. The van der Waals surface area contributed by atoms with Gasteiger partial charge < -0.3 is 19.7 Å². The molecule has 0 unspecified atom stereocenters. The second-order valence-corrected chi connectivity index (χ2v) is 16.6. The predicted octanol–water partition coefficient (Wildman–Crippen LogP) is 12.5. The molecule has 0 bridgehead atoms. The number of aryl methyl sites for hydroxylation is 2. The Hall–Kier alpha value is -5.58. The molecule has 1 aliphatic carbocycles. The number of pyridine rings is 2. The molecule has 1 saturated carbocycles. The Kier molecular flexibility index (Phi) is 10.6. The van der Waals surface area contributed by atoms with E-state index < -0.39 is 0 Å². The number of benzene rings is 5. The van der Waals surface area contributed by atoms with Gasteiger partial charge in [-0.2, -0.15) is 0 Å². The largest absolute Gasteiger partial charge is 0.504 e. The molecule has 0 saturated heterocycles. The molecule has 2 atom stereocenters. The molecule has 0 spiro atoms. The average Bonchev–Trinajstić information content (AvgIpc) is 3.76. The fraction of sp³-hybridized carbons (Fsp3) is 0.235. The van der Waals surface area contributed by atoms with Gasteiger partial charge in [-0.15, -0.1) is 17.2 Å². The molecule has 9 rings (SSSR count). The van der Waals surface area contributed by atoms with Crippen LogP contribution < -0.4 is 9.64 Å². The van der Waals surface area contributed by atoms with E-state index in [1.807, 2.05) is 13.0 Å². The Morgan fingerprint density at radius 3 is 2.00 bits per heavy atom. The minimum absolute atomic E-state index is 0. The zero-order chi connectivity index (χ0) is 39.4. The monoisotopic (exact) mass is 942 g/mol. The van der Waals surface area contributed by atoms with Crippen LogP contribution in [0.1, 0.15) is 68.8 Å². The minimum atomic E-state index is -0.0214. The Bertz CT molecular complexity index is 2600. The number of aromatic nitrogens is 2. The number of rotatable bonds is 8. The molecular formula is C51H47N4O2Pt-. The SMILES string of the molecule is Cc1ncc2c(C)cc(Oc3[c-]c(C4=N[C@H]5CCC(C)(C)[C@@H]5N4c4c(-c5ccccc5)cc(-c5ccccc5)cc4-c4ccccc4)cc(C(C)C)c3)nc2c1O.[Pt]. The van der Waals surface area contributed by atoms with Gasteiger partial charge in [0.15, 0.2) is 5.75 Å². The normalized spacial score (nSPS) is 16.9. The molecule has 5 aromatic carbocycles. The van der Waals surface area contributed by atoms with Gasteiger partial charge in [-0.05, 0) is 78.0 Å². The molecular weight excluding hydrogens is 896 g/mol. The quantitative estimate of drug-likeness (QED) is 0.154. The third kappa shape index (κ3) is 7.13. The van der Waals surface area contributed by atoms with Crippen molar-refractivity contribution in [3.63, 3.8) is 0 Å². The first-order valence-electron chi connectivity index (χ1n) is 20.0. The number of fused-ring (bicyclic) bond motifs is 2. The predicted molar refractivity (Wildman–Crippen MR) is 232 cm³/mol. The first-order valence-corrected chi connectivity index (χ1v) is 20.0. The van der Waals surface area contributed by atoms with Gasteiger partial charge in [-0.3, -0.25) is 4.98 Å². The topological polar surface area (TPSA) is 70.8 Å². The summed E-state index contributed by atoms with van der Waals surface area (Å²) in [5, 5.41) is 11.7. The minimum Gasteiger partial charge on any atom is -0.504 e. The Morgan fingerprint density at radius 1 is 0.793 bits per heavy atom. The molecule has 0 radical (unpaired) electrons. The van der Waals surface area contributed by atoms with Crippen LogP contribution in [-0.2, 0) is 21.1 Å². The Morgan fingerprint density at radius 2 is 1.40 bits per heavy atom. The number of aromatic hydroxyl groups is 1. The molecule has 2 aliphatic rings. The fourth-order valence-corrected chi connectivity index (χ4v) is 8.79. The molecule has 6 nitrogen and oxygen atoms in total. The third-order valence-corrected chi connectivity index (χ3v) is 11.9. The van der Waals surface area contributed by atoms with Crippen molar-refractivity contribution < 1.29 is 30.9 Å². The van der Waals surface area contributed by atoms with Crippen molar-refractivity contribution >= 4 is 22.4 Å². The number of hydrogen-bond donors (Lipinski definition) is 1. The molecule has 3 heterocycles. The van der Waals surface area contributed by atoms with Gasteiger partial charge in [0.05, 0.1) is 29.3 Å². The maximum Gasteiger partial charge on any atom is 0.218 e. The molecule has 2 aromatic heterocycles. The number of amidine groups is 1. The standard InChI is InChI=1S/C51H47N4O2.Pt/c1-31(2)37-25-39(27-40(26-37)57-45-24-32(3)43-30-52-33(4)48(56)46(43)54-45)50-53-44-22-23-51(5,6)49(44)55(50)47-41(35-18-12-8-13-19-35)28-38(34-16-10-7-11-17-34)29-42(47)36-20-14-9-15-21-36;/h7-21,24-26,28-31,44,49,56H,22-23H2,1-6H3;/q-1;/t44-,49+;/m0./s1. The van der Waals surface area contributed by atoms with Gasteiger partial charge in [0.1, 0.15) is 5.52 Å². The molecule has 294 valence electrons. The molecule has 7 aromatic rings. The van der Waals surface area contributed by atoms with Crippen LogP contribution >= 0.6 is 0 Å². The van der Waals surface area contributed by atoms with E-state index in [1.165, 1.54) is 5.56 Å². The van der Waals surface area contributed by atoms with Crippen molar-refractivity contribution in [3.05, 3.63) is 156 Å². The smallest absolute Gasteiger partial charge is 0.218 e. The zero-order valence-corrected chi connectivity index (χ0v) is 36.0. The van der Waals surface area contributed by atoms with E-state index in [0.29, 0.717) is 22.8 Å². The molecule has 1 N–H and O–H groups in total. The second-order valence-electron chi connectivity index (χ2n) is 16.6. The molecule has 1 aliphatic heterocycles. The van der Waals surface area contributed by atoms with Crippen LogP contribution in [0.25, 0.3) is 44.3 Å². The summed E-state index contributed by atoms with van der Waals surface area (Å²) >= 11 is 0. The summed E-state index contributed by atoms with van der Waals surface area (Å²) in [6, 6.07) is 47.1. The molecule has 1 fully saturated rings. The van der Waals surface area contributed by atoms with Crippen molar-refractivity contribution in [1.29, 1.82) is 0 Å². The van der Waals surface area contributed by atoms with Gasteiger partial charge >= 0.3 is 0 Å². The van der Waals surface area contributed by atoms with Crippen LogP contribution in [-0.4, -0.2) is 33.0 Å². The number of anilines is 1. The molecule has 7 heteroatoms. The van der Waals surface area contributed by atoms with E-state index >= 15 is 0 Å². The van der Waals surface area contributed by atoms with E-state index in [-0.39, 0.29) is 50.2 Å². The average molecular weight is 943 g/mol. The van der Waals surface area contributed by atoms with E-state index in [1.54, 1.807) is 13.1 Å². The number of nitrogens with zero attached hydrogens (tertiary/aromatic N) is 4. The summed E-state index contributed by atoms with van der Waals surface area (Å²) in [7, 11) is 0. The number of ether oxygens (including phenoxy) is 1. The summed E-state index contributed by atoms with van der Waals surface area (Å²) in [6.07, 6.45) is 3.84. The van der Waals surface area contributed by atoms with Crippen LogP contribution in [0, 0.1) is 25.3 Å². The van der Waals surface area contributed by atoms with Crippen LogP contribution in [0.2, 0.25) is 0 Å². The van der Waals surface area contributed by atoms with Crippen LogP contribution in [0.4, 0.5) is 5.69 Å². The number of aliphatic imine (C=N–C) groups is 1. The van der Waals surface area contributed by atoms with Gasteiger partial charge in [-0.25, -0.2) is 4.98 Å². The van der Waals surface area contributed by atoms with Crippen LogP contribution in [0.3, 0.4) is 0 Å². The number of hydrogen-bond acceptors (Lipinski definition) is 6. The summed E-state index contributed by atoms with van der Waals surface area (Å²) in [4.78, 5) is 17.3. The summed E-state index contributed by atoms with van der Waals surface area (Å²) in [5.41, 5.74) is 12.0. The van der Waals surface area contributed by atoms with E-state index in [0.717, 1.165) is 74.3 Å². The van der Waals surface area contributed by atoms with Gasteiger partial charge in [0, 0.05) is 55.6 Å². The summed E-state index contributed by atoms with van der Waals surface area (Å²) in [5.74, 6) is 2.11. The van der Waals surface area contributed by atoms with Gasteiger partial charge in [0.2, 0.25) is 5.88 Å². The second kappa shape index (κ2) is 15.6. The maximum atomic E-state index is 10.9. The third-order valence-electron chi connectivity index (χ3n) is 11.9.